The lowest BCUT2D eigenvalue weighted by atomic mass is 9.67. The second-order valence-corrected chi connectivity index (χ2v) is 9.96. The monoisotopic (exact) mass is 381 g/mol. The van der Waals surface area contributed by atoms with Crippen molar-refractivity contribution in [2.75, 3.05) is 0 Å². The number of nitriles is 1. The summed E-state index contributed by atoms with van der Waals surface area (Å²) in [4.78, 5) is 0. The van der Waals surface area contributed by atoms with Crippen molar-refractivity contribution in [1.29, 1.82) is 5.26 Å². The molecule has 0 unspecified atom stereocenters. The molecule has 0 saturated heterocycles. The summed E-state index contributed by atoms with van der Waals surface area (Å²) in [6.07, 6.45) is 19.7. The van der Waals surface area contributed by atoms with Gasteiger partial charge in [-0.15, -0.1) is 0 Å². The molecule has 0 amide bonds. The fraction of sp³-hybridized carbons (Fsp3) is 0.731. The van der Waals surface area contributed by atoms with E-state index < -0.39 is 0 Å². The molecule has 2 heteroatoms. The molecule has 0 heterocycles. The van der Waals surface area contributed by atoms with E-state index in [2.05, 4.69) is 0 Å². The summed E-state index contributed by atoms with van der Waals surface area (Å²) in [5.41, 5.74) is 1.20. The van der Waals surface area contributed by atoms with Gasteiger partial charge >= 0.3 is 0 Å². The molecule has 152 valence electrons. The predicted molar refractivity (Wildman–Crippen MR) is 112 cm³/mol. The van der Waals surface area contributed by atoms with Gasteiger partial charge < -0.3 is 0 Å². The molecular weight excluding hydrogens is 345 g/mol. The molecule has 0 aliphatic heterocycles. The van der Waals surface area contributed by atoms with Crippen LogP contribution in [0.2, 0.25) is 0 Å². The van der Waals surface area contributed by atoms with E-state index in [0.29, 0.717) is 0 Å². The average Bonchev–Trinajstić information content (AvgIpc) is 3.28. The van der Waals surface area contributed by atoms with E-state index in [0.717, 1.165) is 41.6 Å². The van der Waals surface area contributed by atoms with E-state index in [1.165, 1.54) is 83.5 Å². The Bertz CT molecular complexity index is 668. The highest BCUT2D eigenvalue weighted by molar-refractivity contribution is 5.33. The minimum Gasteiger partial charge on any atom is -0.206 e. The van der Waals surface area contributed by atoms with Gasteiger partial charge in [0.15, 0.2) is 0 Å². The van der Waals surface area contributed by atoms with Gasteiger partial charge in [-0.3, -0.25) is 0 Å². The molecule has 3 saturated carbocycles. The maximum atomic E-state index is 13.8. The average molecular weight is 382 g/mol. The lowest BCUT2D eigenvalue weighted by Gasteiger charge is -2.39. The van der Waals surface area contributed by atoms with Crippen LogP contribution in [0.25, 0.3) is 0 Å². The minimum atomic E-state index is -0.364. The number of halogens is 1. The molecule has 4 rings (SSSR count). The maximum Gasteiger partial charge on any atom is 0.141 e. The van der Waals surface area contributed by atoms with E-state index in [9.17, 15) is 4.39 Å². The lowest BCUT2D eigenvalue weighted by Crippen LogP contribution is -2.27. The number of hydrogen-bond donors (Lipinski definition) is 0. The predicted octanol–water partition coefficient (Wildman–Crippen LogP) is 7.43. The highest BCUT2D eigenvalue weighted by Crippen LogP contribution is 2.46. The molecule has 1 aromatic carbocycles. The topological polar surface area (TPSA) is 23.8 Å². The number of benzene rings is 1. The van der Waals surface area contributed by atoms with Crippen molar-refractivity contribution in [2.45, 2.75) is 89.9 Å². The van der Waals surface area contributed by atoms with Gasteiger partial charge in [0.2, 0.25) is 0 Å². The molecule has 3 aliphatic carbocycles. The minimum absolute atomic E-state index is 0.159. The van der Waals surface area contributed by atoms with E-state index in [4.69, 9.17) is 5.26 Å². The van der Waals surface area contributed by atoms with Crippen molar-refractivity contribution in [3.63, 3.8) is 0 Å². The van der Waals surface area contributed by atoms with Gasteiger partial charge in [0.1, 0.15) is 11.9 Å². The van der Waals surface area contributed by atoms with E-state index >= 15 is 0 Å². The first-order chi connectivity index (χ1) is 13.7. The zero-order valence-electron chi connectivity index (χ0n) is 17.3. The Morgan fingerprint density at radius 3 is 1.86 bits per heavy atom. The van der Waals surface area contributed by atoms with E-state index in [1.807, 2.05) is 12.1 Å². The largest absolute Gasteiger partial charge is 0.206 e. The van der Waals surface area contributed by atoms with Crippen molar-refractivity contribution in [1.82, 2.24) is 0 Å². The van der Waals surface area contributed by atoms with Gasteiger partial charge in [0.25, 0.3) is 0 Å². The summed E-state index contributed by atoms with van der Waals surface area (Å²) in [5.74, 6) is 4.56. The van der Waals surface area contributed by atoms with Gasteiger partial charge in [0, 0.05) is 0 Å². The Balaban J connectivity index is 1.18. The fourth-order valence-electron chi connectivity index (χ4n) is 6.64. The fourth-order valence-corrected chi connectivity index (χ4v) is 6.64. The molecule has 0 N–H and O–H groups in total. The van der Waals surface area contributed by atoms with E-state index in [-0.39, 0.29) is 11.4 Å². The molecule has 3 fully saturated rings. The third-order valence-electron chi connectivity index (χ3n) is 8.44. The van der Waals surface area contributed by atoms with Crippen LogP contribution in [0.5, 0.6) is 0 Å². The van der Waals surface area contributed by atoms with Crippen LogP contribution in [0.1, 0.15) is 94.6 Å². The summed E-state index contributed by atoms with van der Waals surface area (Å²) in [7, 11) is 0. The van der Waals surface area contributed by atoms with Gasteiger partial charge in [-0.25, -0.2) is 4.39 Å². The first-order valence-electron chi connectivity index (χ1n) is 11.9. The molecule has 0 radical (unpaired) electrons. The van der Waals surface area contributed by atoms with Crippen LogP contribution in [0.15, 0.2) is 18.2 Å². The van der Waals surface area contributed by atoms with Gasteiger partial charge in [-0.05, 0) is 98.7 Å². The quantitative estimate of drug-likeness (QED) is 0.520. The Morgan fingerprint density at radius 1 is 0.786 bits per heavy atom. The highest BCUT2D eigenvalue weighted by Gasteiger charge is 2.33. The second kappa shape index (κ2) is 9.43. The molecule has 0 spiro atoms. The number of aryl methyl sites for hydroxylation is 1. The van der Waals surface area contributed by atoms with Crippen LogP contribution in [-0.4, -0.2) is 0 Å². The molecule has 28 heavy (non-hydrogen) atoms. The van der Waals surface area contributed by atoms with Crippen LogP contribution in [0.4, 0.5) is 4.39 Å². The van der Waals surface area contributed by atoms with E-state index in [1.54, 1.807) is 12.1 Å². The van der Waals surface area contributed by atoms with Crippen LogP contribution in [0.3, 0.4) is 0 Å². The molecule has 3 aliphatic rings. The second-order valence-electron chi connectivity index (χ2n) is 9.96. The molecule has 0 aromatic heterocycles. The van der Waals surface area contributed by atoms with Crippen molar-refractivity contribution in [3.05, 3.63) is 35.1 Å². The van der Waals surface area contributed by atoms with Gasteiger partial charge in [-0.2, -0.15) is 5.26 Å². The van der Waals surface area contributed by atoms with Gasteiger partial charge in [0.05, 0.1) is 5.56 Å². The van der Waals surface area contributed by atoms with Crippen molar-refractivity contribution in [3.8, 4) is 6.07 Å². The zero-order chi connectivity index (χ0) is 19.3. The Kier molecular flexibility index (Phi) is 6.71. The summed E-state index contributed by atoms with van der Waals surface area (Å²) in [5, 5.41) is 8.85. The SMILES string of the molecule is N#Cc1ccc(CCC2CCC([C@H]3CC[C@H](C4CCCC4)CC3)CC2)cc1F. The van der Waals surface area contributed by atoms with Crippen LogP contribution >= 0.6 is 0 Å². The standard InChI is InChI=1S/C26H36FN/c27-26-17-20(9-12-25(26)18-28)6-5-19-7-10-22(11-8-19)24-15-13-23(14-16-24)21-3-1-2-4-21/h9,12,17,19,21-24H,1-8,10-11,13-16H2/t19?,22?,23-,24-. The van der Waals surface area contributed by atoms with Crippen LogP contribution in [-0.2, 0) is 6.42 Å². The lowest BCUT2D eigenvalue weighted by molar-refractivity contribution is 0.124. The summed E-state index contributed by atoms with van der Waals surface area (Å²) < 4.78 is 13.8. The Morgan fingerprint density at radius 2 is 1.32 bits per heavy atom. The first kappa shape index (κ1) is 19.9. The highest BCUT2D eigenvalue weighted by atomic mass is 19.1. The first-order valence-corrected chi connectivity index (χ1v) is 11.9. The molecule has 0 bridgehead atoms. The van der Waals surface area contributed by atoms with Crippen LogP contribution < -0.4 is 0 Å². The molecule has 1 nitrogen and oxygen atoms in total. The zero-order valence-corrected chi connectivity index (χ0v) is 17.3. The normalized spacial score (nSPS) is 31.6. The Hall–Kier alpha value is -1.36. The number of nitrogens with zero attached hydrogens (tertiary/aromatic N) is 1. The number of rotatable bonds is 5. The smallest absolute Gasteiger partial charge is 0.141 e. The summed E-state index contributed by atoms with van der Waals surface area (Å²) in [6, 6.07) is 7.02. The maximum absolute atomic E-state index is 13.8. The van der Waals surface area contributed by atoms with Crippen molar-refractivity contribution < 1.29 is 4.39 Å². The van der Waals surface area contributed by atoms with Crippen molar-refractivity contribution in [2.24, 2.45) is 29.6 Å². The molecular formula is C26H36FN. The Labute approximate surface area is 170 Å². The number of hydrogen-bond acceptors (Lipinski definition) is 1. The van der Waals surface area contributed by atoms with Crippen LogP contribution in [0, 0.1) is 46.7 Å². The summed E-state index contributed by atoms with van der Waals surface area (Å²) >= 11 is 0. The third-order valence-corrected chi connectivity index (χ3v) is 8.44. The van der Waals surface area contributed by atoms with Crippen molar-refractivity contribution >= 4 is 0 Å². The molecule has 0 atom stereocenters. The van der Waals surface area contributed by atoms with Gasteiger partial charge in [-0.1, -0.05) is 44.6 Å². The molecule has 1 aromatic rings. The third kappa shape index (κ3) is 4.79. The summed E-state index contributed by atoms with van der Waals surface area (Å²) in [6.45, 7) is 0.